The highest BCUT2D eigenvalue weighted by molar-refractivity contribution is 5.84. The van der Waals surface area contributed by atoms with Gasteiger partial charge in [0.2, 0.25) is 11.9 Å². The number of benzene rings is 1. The number of nitrogens with zero attached hydrogens (tertiary/aromatic N) is 5. The molecular formula is C24H31F2N5O. The van der Waals surface area contributed by atoms with E-state index >= 15 is 0 Å². The first kappa shape index (κ1) is 22.4. The fourth-order valence-corrected chi connectivity index (χ4v) is 4.41. The molecule has 0 saturated carbocycles. The van der Waals surface area contributed by atoms with Crippen LogP contribution in [0.15, 0.2) is 30.5 Å². The van der Waals surface area contributed by atoms with Crippen LogP contribution in [0.25, 0.3) is 0 Å². The third kappa shape index (κ3) is 4.84. The first-order valence-electron chi connectivity index (χ1n) is 11.3. The SMILES string of the molecule is CC(C(=O)N1CC(F)C1)c1ccc(CC[C@@H]2CCN(c3nc(N(C)C)ncc3F)C2)cc1. The maximum Gasteiger partial charge on any atom is 0.230 e. The van der Waals surface area contributed by atoms with Gasteiger partial charge >= 0.3 is 0 Å². The lowest BCUT2D eigenvalue weighted by molar-refractivity contribution is -0.139. The Balaban J connectivity index is 1.29. The number of likely N-dealkylation sites (tertiary alicyclic amines) is 1. The van der Waals surface area contributed by atoms with Crippen LogP contribution in [-0.4, -0.2) is 67.2 Å². The fraction of sp³-hybridized carbons (Fsp3) is 0.542. The summed E-state index contributed by atoms with van der Waals surface area (Å²) in [5, 5.41) is 0. The van der Waals surface area contributed by atoms with Crippen LogP contribution in [0.5, 0.6) is 0 Å². The van der Waals surface area contributed by atoms with E-state index in [1.54, 1.807) is 9.80 Å². The van der Waals surface area contributed by atoms with Crippen molar-refractivity contribution >= 4 is 17.7 Å². The van der Waals surface area contributed by atoms with Crippen LogP contribution in [0.2, 0.25) is 0 Å². The Morgan fingerprint density at radius 3 is 2.59 bits per heavy atom. The van der Waals surface area contributed by atoms with Gasteiger partial charge in [0.1, 0.15) is 6.17 Å². The van der Waals surface area contributed by atoms with Crippen molar-refractivity contribution in [1.29, 1.82) is 0 Å². The summed E-state index contributed by atoms with van der Waals surface area (Å²) in [7, 11) is 3.69. The standard InChI is InChI=1S/C24H31F2N5O/c1-16(23(32)31-14-20(25)15-31)19-8-6-17(7-9-19)4-5-18-10-11-30(13-18)22-21(26)12-27-24(28-22)29(2)3/h6-9,12,16,18,20H,4-5,10-11,13-15H2,1-3H3/t16?,18-/m1/s1. The van der Waals surface area contributed by atoms with Crippen molar-refractivity contribution in [2.75, 3.05) is 50.1 Å². The minimum Gasteiger partial charge on any atom is -0.354 e. The lowest BCUT2D eigenvalue weighted by Gasteiger charge is -2.36. The zero-order valence-corrected chi connectivity index (χ0v) is 19.0. The van der Waals surface area contributed by atoms with Crippen molar-refractivity contribution in [1.82, 2.24) is 14.9 Å². The van der Waals surface area contributed by atoms with Crippen LogP contribution in [-0.2, 0) is 11.2 Å². The van der Waals surface area contributed by atoms with Crippen molar-refractivity contribution in [3.8, 4) is 0 Å². The number of anilines is 2. The second-order valence-corrected chi connectivity index (χ2v) is 9.18. The van der Waals surface area contributed by atoms with Crippen molar-refractivity contribution < 1.29 is 13.6 Å². The molecule has 1 amide bonds. The van der Waals surface area contributed by atoms with Gasteiger partial charge in [-0.05, 0) is 43.2 Å². The second-order valence-electron chi connectivity index (χ2n) is 9.18. The van der Waals surface area contributed by atoms with Gasteiger partial charge in [0, 0.05) is 27.2 Å². The number of carbonyl (C=O) groups is 1. The summed E-state index contributed by atoms with van der Waals surface area (Å²) in [6.45, 7) is 3.89. The predicted octanol–water partition coefficient (Wildman–Crippen LogP) is 3.42. The molecule has 0 spiro atoms. The normalized spacial score (nSPS) is 19.7. The smallest absolute Gasteiger partial charge is 0.230 e. The van der Waals surface area contributed by atoms with Crippen molar-refractivity contribution in [2.45, 2.75) is 38.3 Å². The highest BCUT2D eigenvalue weighted by atomic mass is 19.1. The minimum absolute atomic E-state index is 0.00734. The lowest BCUT2D eigenvalue weighted by atomic mass is 9.94. The average Bonchev–Trinajstić information content (AvgIpc) is 3.24. The summed E-state index contributed by atoms with van der Waals surface area (Å²) >= 11 is 0. The third-order valence-corrected chi connectivity index (χ3v) is 6.54. The van der Waals surface area contributed by atoms with Gasteiger partial charge in [-0.15, -0.1) is 0 Å². The zero-order valence-electron chi connectivity index (χ0n) is 19.0. The van der Waals surface area contributed by atoms with E-state index in [-0.39, 0.29) is 30.7 Å². The van der Waals surface area contributed by atoms with Gasteiger partial charge in [0.15, 0.2) is 11.6 Å². The number of halogens is 2. The minimum atomic E-state index is -0.874. The molecule has 2 aliphatic heterocycles. The maximum atomic E-state index is 14.3. The highest BCUT2D eigenvalue weighted by Gasteiger charge is 2.33. The molecule has 3 heterocycles. The van der Waals surface area contributed by atoms with Crippen molar-refractivity contribution in [2.24, 2.45) is 5.92 Å². The maximum absolute atomic E-state index is 14.3. The van der Waals surface area contributed by atoms with E-state index < -0.39 is 6.17 Å². The largest absolute Gasteiger partial charge is 0.354 e. The van der Waals surface area contributed by atoms with Crippen LogP contribution in [0.3, 0.4) is 0 Å². The molecule has 2 saturated heterocycles. The molecule has 0 bridgehead atoms. The number of hydrogen-bond donors (Lipinski definition) is 0. The Hall–Kier alpha value is -2.77. The van der Waals surface area contributed by atoms with Crippen LogP contribution in [0.4, 0.5) is 20.5 Å². The van der Waals surface area contributed by atoms with E-state index in [1.165, 1.54) is 11.8 Å². The first-order chi connectivity index (χ1) is 15.3. The number of amides is 1. The Morgan fingerprint density at radius 2 is 1.94 bits per heavy atom. The topological polar surface area (TPSA) is 52.6 Å². The van der Waals surface area contributed by atoms with Gasteiger partial charge in [-0.25, -0.2) is 13.8 Å². The van der Waals surface area contributed by atoms with Gasteiger partial charge in [-0.3, -0.25) is 4.79 Å². The van der Waals surface area contributed by atoms with E-state index in [4.69, 9.17) is 0 Å². The lowest BCUT2D eigenvalue weighted by Crippen LogP contribution is -2.52. The van der Waals surface area contributed by atoms with Crippen molar-refractivity contribution in [3.05, 3.63) is 47.4 Å². The summed E-state index contributed by atoms with van der Waals surface area (Å²) in [4.78, 5) is 26.2. The molecule has 2 aromatic rings. The number of rotatable bonds is 7. The van der Waals surface area contributed by atoms with Gasteiger partial charge in [-0.2, -0.15) is 4.98 Å². The summed E-state index contributed by atoms with van der Waals surface area (Å²) in [6.07, 6.45) is 3.34. The molecule has 8 heteroatoms. The molecule has 0 N–H and O–H groups in total. The zero-order chi connectivity index (χ0) is 22.8. The Kier molecular flexibility index (Phi) is 6.58. The Bertz CT molecular complexity index is 946. The molecule has 2 atom stereocenters. The van der Waals surface area contributed by atoms with Gasteiger partial charge in [0.05, 0.1) is 25.2 Å². The van der Waals surface area contributed by atoms with Gasteiger partial charge in [-0.1, -0.05) is 24.3 Å². The van der Waals surface area contributed by atoms with E-state index in [9.17, 15) is 13.6 Å². The molecule has 172 valence electrons. The van der Waals surface area contributed by atoms with Crippen LogP contribution in [0, 0.1) is 11.7 Å². The van der Waals surface area contributed by atoms with Gasteiger partial charge in [0.25, 0.3) is 0 Å². The Labute approximate surface area is 188 Å². The van der Waals surface area contributed by atoms with Crippen LogP contribution >= 0.6 is 0 Å². The van der Waals surface area contributed by atoms with E-state index in [1.807, 2.05) is 38.1 Å². The van der Waals surface area contributed by atoms with E-state index in [0.717, 1.165) is 37.9 Å². The molecule has 2 aliphatic rings. The molecule has 32 heavy (non-hydrogen) atoms. The molecule has 6 nitrogen and oxygen atoms in total. The monoisotopic (exact) mass is 443 g/mol. The summed E-state index contributed by atoms with van der Waals surface area (Å²) in [5.41, 5.74) is 2.19. The molecule has 0 radical (unpaired) electrons. The van der Waals surface area contributed by atoms with Gasteiger partial charge < -0.3 is 14.7 Å². The average molecular weight is 444 g/mol. The molecule has 4 rings (SSSR count). The summed E-state index contributed by atoms with van der Waals surface area (Å²) in [5.74, 6) is 0.733. The molecule has 1 aromatic heterocycles. The Morgan fingerprint density at radius 1 is 1.22 bits per heavy atom. The molecular weight excluding hydrogens is 412 g/mol. The molecule has 2 fully saturated rings. The molecule has 1 unspecified atom stereocenters. The van der Waals surface area contributed by atoms with Crippen LogP contribution in [0.1, 0.15) is 36.8 Å². The number of alkyl halides is 1. The van der Waals surface area contributed by atoms with Crippen molar-refractivity contribution in [3.63, 3.8) is 0 Å². The summed E-state index contributed by atoms with van der Waals surface area (Å²) < 4.78 is 27.3. The number of carbonyl (C=O) groups excluding carboxylic acids is 1. The molecule has 1 aromatic carbocycles. The summed E-state index contributed by atoms with van der Waals surface area (Å²) in [6, 6.07) is 8.16. The predicted molar refractivity (Wildman–Crippen MR) is 121 cm³/mol. The quantitative estimate of drug-likeness (QED) is 0.656. The third-order valence-electron chi connectivity index (χ3n) is 6.54. The van der Waals surface area contributed by atoms with Crippen LogP contribution < -0.4 is 9.80 Å². The van der Waals surface area contributed by atoms with E-state index in [2.05, 4.69) is 22.1 Å². The first-order valence-corrected chi connectivity index (χ1v) is 11.3. The van der Waals surface area contributed by atoms with E-state index in [0.29, 0.717) is 17.7 Å². The number of aromatic nitrogens is 2. The highest BCUT2D eigenvalue weighted by Crippen LogP contribution is 2.28. The number of hydrogen-bond acceptors (Lipinski definition) is 5. The second kappa shape index (κ2) is 9.38. The molecule has 0 aliphatic carbocycles. The fourth-order valence-electron chi connectivity index (χ4n) is 4.41. The number of aryl methyl sites for hydroxylation is 1.